The second-order valence-corrected chi connectivity index (χ2v) is 7.73. The summed E-state index contributed by atoms with van der Waals surface area (Å²) >= 11 is 1.96. The van der Waals surface area contributed by atoms with Gasteiger partial charge in [-0.05, 0) is 57.4 Å². The van der Waals surface area contributed by atoms with Gasteiger partial charge in [-0.1, -0.05) is 19.3 Å². The summed E-state index contributed by atoms with van der Waals surface area (Å²) in [6.07, 6.45) is 13.0. The lowest BCUT2D eigenvalue weighted by atomic mass is 9.88. The van der Waals surface area contributed by atoms with E-state index in [0.29, 0.717) is 4.75 Å². The predicted molar refractivity (Wildman–Crippen MR) is 87.2 cm³/mol. The van der Waals surface area contributed by atoms with Crippen molar-refractivity contribution in [2.24, 2.45) is 5.92 Å². The van der Waals surface area contributed by atoms with Gasteiger partial charge < -0.3 is 10.6 Å². The van der Waals surface area contributed by atoms with Crippen LogP contribution in [0, 0.1) is 5.92 Å². The zero-order chi connectivity index (χ0) is 14.3. The molecule has 0 radical (unpaired) electrons. The Morgan fingerprint density at radius 3 is 2.60 bits per heavy atom. The Hall–Kier alpha value is -0.220. The van der Waals surface area contributed by atoms with Crippen LogP contribution >= 0.6 is 11.8 Å². The molecule has 1 amide bonds. The van der Waals surface area contributed by atoms with Crippen molar-refractivity contribution in [2.75, 3.05) is 25.9 Å². The van der Waals surface area contributed by atoms with E-state index in [9.17, 15) is 4.79 Å². The molecule has 4 heteroatoms. The molecule has 1 saturated carbocycles. The molecule has 2 aliphatic rings. The second kappa shape index (κ2) is 8.28. The van der Waals surface area contributed by atoms with Crippen molar-refractivity contribution in [3.05, 3.63) is 0 Å². The maximum atomic E-state index is 12.1. The number of thioether (sulfide) groups is 1. The van der Waals surface area contributed by atoms with Crippen LogP contribution in [0.15, 0.2) is 0 Å². The van der Waals surface area contributed by atoms with E-state index < -0.39 is 0 Å². The zero-order valence-electron chi connectivity index (χ0n) is 12.9. The van der Waals surface area contributed by atoms with Gasteiger partial charge in [0.05, 0.1) is 0 Å². The minimum Gasteiger partial charge on any atom is -0.355 e. The lowest BCUT2D eigenvalue weighted by Gasteiger charge is -2.36. The Balaban J connectivity index is 1.65. The van der Waals surface area contributed by atoms with E-state index in [1.54, 1.807) is 0 Å². The molecule has 3 nitrogen and oxygen atoms in total. The first-order valence-electron chi connectivity index (χ1n) is 8.27. The topological polar surface area (TPSA) is 41.1 Å². The van der Waals surface area contributed by atoms with Crippen LogP contribution in [0.25, 0.3) is 0 Å². The quantitative estimate of drug-likeness (QED) is 0.792. The number of carbonyl (C=O) groups is 1. The number of nitrogens with one attached hydrogen (secondary N) is 2. The molecule has 20 heavy (non-hydrogen) atoms. The molecule has 2 fully saturated rings. The van der Waals surface area contributed by atoms with E-state index >= 15 is 0 Å². The van der Waals surface area contributed by atoms with E-state index in [4.69, 9.17) is 0 Å². The molecular weight excluding hydrogens is 268 g/mol. The number of hydrogen-bond donors (Lipinski definition) is 2. The lowest BCUT2D eigenvalue weighted by molar-refractivity contribution is -0.121. The zero-order valence-corrected chi connectivity index (χ0v) is 13.7. The number of amides is 1. The average Bonchev–Trinajstić information content (AvgIpc) is 2.53. The molecule has 1 heterocycles. The minimum absolute atomic E-state index is 0.266. The van der Waals surface area contributed by atoms with Gasteiger partial charge >= 0.3 is 0 Å². The van der Waals surface area contributed by atoms with Gasteiger partial charge in [-0.25, -0.2) is 0 Å². The third kappa shape index (κ3) is 4.96. The fraction of sp³-hybridized carbons (Fsp3) is 0.938. The number of rotatable bonds is 6. The van der Waals surface area contributed by atoms with E-state index in [2.05, 4.69) is 16.9 Å². The maximum Gasteiger partial charge on any atom is 0.220 e. The Labute approximate surface area is 128 Å². The standard InChI is InChI=1S/C16H30N2OS/c1-20-16(9-3-2-4-10-16)13-18-15(19)6-5-14-7-11-17-12-8-14/h14,17H,2-13H2,1H3,(H,18,19). The fourth-order valence-electron chi connectivity index (χ4n) is 3.50. The highest BCUT2D eigenvalue weighted by atomic mass is 32.2. The highest BCUT2D eigenvalue weighted by Gasteiger charge is 2.31. The SMILES string of the molecule is CSC1(CNC(=O)CCC2CCNCC2)CCCCC1. The third-order valence-corrected chi connectivity index (χ3v) is 6.46. The van der Waals surface area contributed by atoms with Gasteiger partial charge in [-0.15, -0.1) is 0 Å². The van der Waals surface area contributed by atoms with Gasteiger partial charge in [0.2, 0.25) is 5.91 Å². The normalized spacial score (nSPS) is 23.4. The first kappa shape index (κ1) is 16.2. The van der Waals surface area contributed by atoms with Crippen molar-refractivity contribution >= 4 is 17.7 Å². The van der Waals surface area contributed by atoms with Crippen LogP contribution in [-0.2, 0) is 4.79 Å². The van der Waals surface area contributed by atoms with Crippen LogP contribution in [0.5, 0.6) is 0 Å². The molecular formula is C16H30N2OS. The van der Waals surface area contributed by atoms with Gasteiger partial charge in [0.15, 0.2) is 0 Å². The Bertz CT molecular complexity index is 297. The Morgan fingerprint density at radius 2 is 1.95 bits per heavy atom. The van der Waals surface area contributed by atoms with E-state index in [0.717, 1.165) is 38.4 Å². The van der Waals surface area contributed by atoms with Crippen molar-refractivity contribution < 1.29 is 4.79 Å². The summed E-state index contributed by atoms with van der Waals surface area (Å²) in [5.74, 6) is 1.02. The van der Waals surface area contributed by atoms with Gasteiger partial charge in [-0.2, -0.15) is 11.8 Å². The van der Waals surface area contributed by atoms with Crippen molar-refractivity contribution in [3.63, 3.8) is 0 Å². The molecule has 0 aromatic carbocycles. The van der Waals surface area contributed by atoms with Crippen LogP contribution in [-0.4, -0.2) is 36.5 Å². The fourth-order valence-corrected chi connectivity index (χ4v) is 4.42. The first-order chi connectivity index (χ1) is 9.74. The molecule has 1 aliphatic carbocycles. The summed E-state index contributed by atoms with van der Waals surface area (Å²) < 4.78 is 0.322. The lowest BCUT2D eigenvalue weighted by Crippen LogP contribution is -2.41. The highest BCUT2D eigenvalue weighted by molar-refractivity contribution is 8.00. The van der Waals surface area contributed by atoms with Gasteiger partial charge in [0.25, 0.3) is 0 Å². The summed E-state index contributed by atoms with van der Waals surface area (Å²) in [7, 11) is 0. The molecule has 116 valence electrons. The minimum atomic E-state index is 0.266. The predicted octanol–water partition coefficient (Wildman–Crippen LogP) is 2.95. The van der Waals surface area contributed by atoms with Gasteiger partial charge in [-0.3, -0.25) is 4.79 Å². The third-order valence-electron chi connectivity index (χ3n) is 5.04. The summed E-state index contributed by atoms with van der Waals surface area (Å²) in [6, 6.07) is 0. The van der Waals surface area contributed by atoms with Gasteiger partial charge in [0.1, 0.15) is 0 Å². The Morgan fingerprint density at radius 1 is 1.25 bits per heavy atom. The van der Waals surface area contributed by atoms with E-state index in [-0.39, 0.29) is 5.91 Å². The van der Waals surface area contributed by atoms with Crippen LogP contribution in [0.1, 0.15) is 57.8 Å². The van der Waals surface area contributed by atoms with Crippen molar-refractivity contribution in [2.45, 2.75) is 62.5 Å². The van der Waals surface area contributed by atoms with Gasteiger partial charge in [0, 0.05) is 17.7 Å². The van der Waals surface area contributed by atoms with Crippen LogP contribution in [0.3, 0.4) is 0 Å². The maximum absolute atomic E-state index is 12.1. The molecule has 0 unspecified atom stereocenters. The molecule has 2 rings (SSSR count). The van der Waals surface area contributed by atoms with Crippen LogP contribution in [0.2, 0.25) is 0 Å². The summed E-state index contributed by atoms with van der Waals surface area (Å²) in [5, 5.41) is 6.59. The Kier molecular flexibility index (Phi) is 6.69. The summed E-state index contributed by atoms with van der Waals surface area (Å²) in [5.41, 5.74) is 0. The molecule has 0 atom stereocenters. The molecule has 0 aromatic heterocycles. The van der Waals surface area contributed by atoms with Crippen molar-refractivity contribution in [1.82, 2.24) is 10.6 Å². The van der Waals surface area contributed by atoms with Crippen molar-refractivity contribution in [1.29, 1.82) is 0 Å². The molecule has 1 aliphatic heterocycles. The number of carbonyl (C=O) groups excluding carboxylic acids is 1. The molecule has 2 N–H and O–H groups in total. The van der Waals surface area contributed by atoms with E-state index in [1.807, 2.05) is 11.8 Å². The van der Waals surface area contributed by atoms with Crippen molar-refractivity contribution in [3.8, 4) is 0 Å². The monoisotopic (exact) mass is 298 g/mol. The van der Waals surface area contributed by atoms with Crippen LogP contribution < -0.4 is 10.6 Å². The first-order valence-corrected chi connectivity index (χ1v) is 9.49. The molecule has 0 bridgehead atoms. The summed E-state index contributed by atoms with van der Waals surface area (Å²) in [4.78, 5) is 12.1. The summed E-state index contributed by atoms with van der Waals surface area (Å²) in [6.45, 7) is 3.13. The molecule has 1 saturated heterocycles. The number of hydrogen-bond acceptors (Lipinski definition) is 3. The molecule has 0 aromatic rings. The smallest absolute Gasteiger partial charge is 0.220 e. The van der Waals surface area contributed by atoms with E-state index in [1.165, 1.54) is 44.9 Å². The number of piperidine rings is 1. The highest BCUT2D eigenvalue weighted by Crippen LogP contribution is 2.37. The van der Waals surface area contributed by atoms with Crippen LogP contribution in [0.4, 0.5) is 0 Å². The largest absolute Gasteiger partial charge is 0.355 e. The molecule has 0 spiro atoms. The average molecular weight is 298 g/mol. The second-order valence-electron chi connectivity index (χ2n) is 6.46.